The number of carboxylic acids is 1. The van der Waals surface area contributed by atoms with Gasteiger partial charge in [-0.05, 0) is 0 Å². The largest absolute Gasteiger partial charge is 0.480 e. The van der Waals surface area contributed by atoms with E-state index in [2.05, 4.69) is 0 Å². The lowest BCUT2D eigenvalue weighted by Gasteiger charge is -2.24. The van der Waals surface area contributed by atoms with E-state index in [0.29, 0.717) is 0 Å². The zero-order chi connectivity index (χ0) is 15.4. The van der Waals surface area contributed by atoms with Crippen molar-refractivity contribution in [2.75, 3.05) is 46.2 Å². The van der Waals surface area contributed by atoms with Gasteiger partial charge in [-0.25, -0.2) is 4.79 Å². The molecule has 0 rings (SSSR count). The third kappa shape index (κ3) is 9.15. The predicted molar refractivity (Wildman–Crippen MR) is 67.2 cm³/mol. The molecule has 0 fully saturated rings. The first-order chi connectivity index (χ1) is 9.57. The average molecular weight is 297 g/mol. The fourth-order valence-electron chi connectivity index (χ4n) is 1.26. The zero-order valence-corrected chi connectivity index (χ0v) is 11.2. The van der Waals surface area contributed by atoms with Crippen LogP contribution in [0.25, 0.3) is 0 Å². The molecule has 20 heavy (non-hydrogen) atoms. The summed E-state index contributed by atoms with van der Waals surface area (Å²) < 4.78 is 15.4. The van der Waals surface area contributed by atoms with Crippen molar-refractivity contribution in [3.63, 3.8) is 0 Å². The Labute approximate surface area is 116 Å². The topological polar surface area (TPSA) is 152 Å². The molecule has 0 saturated carbocycles. The van der Waals surface area contributed by atoms with E-state index in [1.165, 1.54) is 0 Å². The molecule has 0 radical (unpaired) electrons. The lowest BCUT2D eigenvalue weighted by Crippen LogP contribution is -2.37. The molecule has 0 aliphatic rings. The van der Waals surface area contributed by atoms with Gasteiger partial charge in [0, 0.05) is 6.54 Å². The molecule has 0 bridgehead atoms. The summed E-state index contributed by atoms with van der Waals surface area (Å²) in [6, 6.07) is 0. The first kappa shape index (κ1) is 19.2. The molecule has 2 atom stereocenters. The van der Waals surface area contributed by atoms with Crippen LogP contribution in [0.1, 0.15) is 0 Å². The molecule has 9 nitrogen and oxygen atoms in total. The molecule has 0 amide bonds. The molecule has 0 aromatic carbocycles. The highest BCUT2D eigenvalue weighted by Gasteiger charge is 2.18. The van der Waals surface area contributed by atoms with Gasteiger partial charge in [-0.1, -0.05) is 0 Å². The van der Waals surface area contributed by atoms with Gasteiger partial charge in [0.2, 0.25) is 0 Å². The molecule has 9 heteroatoms. The van der Waals surface area contributed by atoms with Gasteiger partial charge in [0.25, 0.3) is 0 Å². The Kier molecular flexibility index (Phi) is 11.5. The van der Waals surface area contributed by atoms with Crippen LogP contribution in [-0.4, -0.2) is 90.9 Å². The molecule has 120 valence electrons. The highest BCUT2D eigenvalue weighted by molar-refractivity contribution is 5.67. The van der Waals surface area contributed by atoms with E-state index in [9.17, 15) is 4.79 Å². The third-order valence-electron chi connectivity index (χ3n) is 2.31. The summed E-state index contributed by atoms with van der Waals surface area (Å²) in [5.41, 5.74) is 5.35. The molecular formula is C11H23NO8. The second kappa shape index (κ2) is 12.0. The molecule has 2 unspecified atom stereocenters. The van der Waals surface area contributed by atoms with E-state index in [0.717, 1.165) is 0 Å². The first-order valence-electron chi connectivity index (χ1n) is 6.16. The Balaban J connectivity index is 4.25. The van der Waals surface area contributed by atoms with Crippen LogP contribution in [0.3, 0.4) is 0 Å². The van der Waals surface area contributed by atoms with Gasteiger partial charge in [0.1, 0.15) is 18.8 Å². The Hall–Kier alpha value is -0.810. The number of rotatable bonds is 13. The number of hydrogen-bond donors (Lipinski definition) is 5. The number of carbonyl (C=O) groups is 1. The quantitative estimate of drug-likeness (QED) is 0.242. The smallest absolute Gasteiger partial charge is 0.329 e. The molecule has 0 saturated heterocycles. The number of carboxylic acid groups (broad SMARTS) is 1. The maximum atomic E-state index is 10.3. The molecule has 6 N–H and O–H groups in total. The maximum Gasteiger partial charge on any atom is 0.329 e. The molecule has 0 aliphatic carbocycles. The van der Waals surface area contributed by atoms with Crippen LogP contribution < -0.4 is 5.73 Å². The van der Waals surface area contributed by atoms with E-state index in [-0.39, 0.29) is 26.4 Å². The van der Waals surface area contributed by atoms with Crippen LogP contribution in [0.15, 0.2) is 0 Å². The van der Waals surface area contributed by atoms with Crippen molar-refractivity contribution in [1.29, 1.82) is 0 Å². The lowest BCUT2D eigenvalue weighted by atomic mass is 10.3. The van der Waals surface area contributed by atoms with Gasteiger partial charge < -0.3 is 40.4 Å². The Bertz CT molecular complexity index is 245. The van der Waals surface area contributed by atoms with E-state index < -0.39 is 44.1 Å². The van der Waals surface area contributed by atoms with E-state index in [1.807, 2.05) is 0 Å². The fraction of sp³-hybridized carbons (Fsp3) is 0.909. The SMILES string of the molecule is NCC(CO)OCC(COCC(=O)O)OC(CO)CO. The molecule has 0 heterocycles. The van der Waals surface area contributed by atoms with Crippen molar-refractivity contribution in [2.24, 2.45) is 5.73 Å². The van der Waals surface area contributed by atoms with Crippen molar-refractivity contribution in [3.8, 4) is 0 Å². The lowest BCUT2D eigenvalue weighted by molar-refractivity contribution is -0.150. The molecule has 0 aromatic rings. The number of aliphatic carboxylic acids is 1. The standard InChI is InChI=1S/C11H23NO8/c12-1-8(2-13)19-6-10(5-18-7-11(16)17)20-9(3-14)4-15/h8-10,13-15H,1-7,12H2,(H,16,17). The highest BCUT2D eigenvalue weighted by Crippen LogP contribution is 2.03. The summed E-state index contributed by atoms with van der Waals surface area (Å²) >= 11 is 0. The van der Waals surface area contributed by atoms with Crippen molar-refractivity contribution in [2.45, 2.75) is 18.3 Å². The Morgan fingerprint density at radius 2 is 1.60 bits per heavy atom. The molecule has 0 aromatic heterocycles. The van der Waals surface area contributed by atoms with Crippen molar-refractivity contribution < 1.29 is 39.4 Å². The summed E-state index contributed by atoms with van der Waals surface area (Å²) in [4.78, 5) is 10.3. The highest BCUT2D eigenvalue weighted by atomic mass is 16.6. The second-order valence-electron chi connectivity index (χ2n) is 4.03. The van der Waals surface area contributed by atoms with Crippen LogP contribution >= 0.6 is 0 Å². The first-order valence-corrected chi connectivity index (χ1v) is 6.16. The van der Waals surface area contributed by atoms with Crippen LogP contribution in [0.5, 0.6) is 0 Å². The van der Waals surface area contributed by atoms with Gasteiger partial charge in [0.05, 0.1) is 39.1 Å². The van der Waals surface area contributed by atoms with E-state index in [1.54, 1.807) is 0 Å². The van der Waals surface area contributed by atoms with Gasteiger partial charge in [-0.2, -0.15) is 0 Å². The minimum atomic E-state index is -1.12. The summed E-state index contributed by atoms with van der Waals surface area (Å²) in [6.45, 7) is -1.54. The van der Waals surface area contributed by atoms with Gasteiger partial charge in [0.15, 0.2) is 0 Å². The van der Waals surface area contributed by atoms with Gasteiger partial charge in [-0.15, -0.1) is 0 Å². The number of nitrogens with two attached hydrogens (primary N) is 1. The summed E-state index contributed by atoms with van der Waals surface area (Å²) in [5.74, 6) is -1.12. The minimum absolute atomic E-state index is 0.0153. The molecule has 0 spiro atoms. The minimum Gasteiger partial charge on any atom is -0.480 e. The number of hydrogen-bond acceptors (Lipinski definition) is 8. The average Bonchev–Trinajstić information content (AvgIpc) is 2.44. The third-order valence-corrected chi connectivity index (χ3v) is 2.31. The monoisotopic (exact) mass is 297 g/mol. The van der Waals surface area contributed by atoms with Crippen LogP contribution in [-0.2, 0) is 19.0 Å². The summed E-state index contributed by atoms with van der Waals surface area (Å²) in [7, 11) is 0. The number of aliphatic hydroxyl groups is 3. The number of ether oxygens (including phenoxy) is 3. The van der Waals surface area contributed by atoms with Crippen LogP contribution in [0, 0.1) is 0 Å². The van der Waals surface area contributed by atoms with Crippen molar-refractivity contribution >= 4 is 5.97 Å². The molecular weight excluding hydrogens is 274 g/mol. The Morgan fingerprint density at radius 3 is 2.05 bits per heavy atom. The van der Waals surface area contributed by atoms with Crippen LogP contribution in [0.2, 0.25) is 0 Å². The summed E-state index contributed by atoms with van der Waals surface area (Å²) in [6.07, 6.45) is -2.08. The normalized spacial score (nSPS) is 14.4. The van der Waals surface area contributed by atoms with Gasteiger partial charge in [-0.3, -0.25) is 0 Å². The zero-order valence-electron chi connectivity index (χ0n) is 11.2. The Morgan fingerprint density at radius 1 is 1.00 bits per heavy atom. The van der Waals surface area contributed by atoms with E-state index in [4.69, 9.17) is 40.4 Å². The van der Waals surface area contributed by atoms with Crippen LogP contribution in [0.4, 0.5) is 0 Å². The number of aliphatic hydroxyl groups excluding tert-OH is 3. The predicted octanol–water partition coefficient (Wildman–Crippen LogP) is -2.84. The van der Waals surface area contributed by atoms with Crippen molar-refractivity contribution in [3.05, 3.63) is 0 Å². The summed E-state index contributed by atoms with van der Waals surface area (Å²) in [5, 5.41) is 35.3. The van der Waals surface area contributed by atoms with Crippen molar-refractivity contribution in [1.82, 2.24) is 0 Å². The molecule has 0 aliphatic heterocycles. The fourth-order valence-corrected chi connectivity index (χ4v) is 1.26. The van der Waals surface area contributed by atoms with E-state index >= 15 is 0 Å². The maximum absolute atomic E-state index is 10.3. The second-order valence-corrected chi connectivity index (χ2v) is 4.03. The van der Waals surface area contributed by atoms with Gasteiger partial charge >= 0.3 is 5.97 Å².